The lowest BCUT2D eigenvalue weighted by atomic mass is 9.36. The van der Waals surface area contributed by atoms with Gasteiger partial charge in [0.15, 0.2) is 11.6 Å². The second-order valence-corrected chi connectivity index (χ2v) is 15.9. The molecule has 0 saturated heterocycles. The molecule has 0 bridgehead atoms. The third kappa shape index (κ3) is 4.40. The number of halogens is 1. The molecule has 1 N–H and O–H groups in total. The minimum Gasteiger partial charge on any atom is -0.347 e. The molecule has 7 unspecified atom stereocenters. The topological polar surface area (TPSA) is 87.0 Å². The van der Waals surface area contributed by atoms with Crippen molar-refractivity contribution in [1.29, 1.82) is 5.26 Å². The molecule has 3 saturated carbocycles. The van der Waals surface area contributed by atoms with E-state index in [1.807, 2.05) is 19.1 Å². The van der Waals surface area contributed by atoms with Gasteiger partial charge < -0.3 is 5.32 Å². The zero-order chi connectivity index (χ0) is 31.9. The van der Waals surface area contributed by atoms with Crippen LogP contribution in [0.4, 0.5) is 4.39 Å². The first-order valence-corrected chi connectivity index (χ1v) is 16.3. The van der Waals surface area contributed by atoms with E-state index < -0.39 is 11.0 Å². The molecule has 5 aliphatic rings. The first-order valence-electron chi connectivity index (χ1n) is 16.3. The molecular weight excluding hydrogens is 551 g/mol. The largest absolute Gasteiger partial charge is 0.347 e. The number of Topliss-reactive ketones (excluding diaryl/α,β-unsaturated/α-hetero) is 1. The number of nitrogens with zero attached hydrogens (tertiary/aromatic N) is 1. The van der Waals surface area contributed by atoms with Crippen molar-refractivity contribution in [3.63, 3.8) is 0 Å². The number of carbonyl (C=O) groups is 3. The van der Waals surface area contributed by atoms with E-state index >= 15 is 0 Å². The summed E-state index contributed by atoms with van der Waals surface area (Å²) in [7, 11) is 0. The lowest BCUT2D eigenvalue weighted by molar-refractivity contribution is -0.161. The number of hydrogen-bond donors (Lipinski definition) is 1. The molecule has 8 atom stereocenters. The Kier molecular flexibility index (Phi) is 7.04. The second-order valence-electron chi connectivity index (χ2n) is 15.9. The maximum atomic E-state index is 14.6. The predicted octanol–water partition coefficient (Wildman–Crippen LogP) is 7.54. The van der Waals surface area contributed by atoms with Crippen LogP contribution in [0.3, 0.4) is 0 Å². The molecule has 44 heavy (non-hydrogen) atoms. The van der Waals surface area contributed by atoms with Gasteiger partial charge in [-0.25, -0.2) is 4.39 Å². The summed E-state index contributed by atoms with van der Waals surface area (Å²) in [6, 6.07) is 8.21. The zero-order valence-corrected chi connectivity index (χ0v) is 26.9. The fourth-order valence-corrected chi connectivity index (χ4v) is 10.5. The van der Waals surface area contributed by atoms with Crippen molar-refractivity contribution in [2.45, 2.75) is 92.0 Å². The highest BCUT2D eigenvalue weighted by atomic mass is 19.1. The normalized spacial score (nSPS) is 40.9. The summed E-state index contributed by atoms with van der Waals surface area (Å²) in [5.41, 5.74) is 0.468. The molecule has 0 aliphatic heterocycles. The van der Waals surface area contributed by atoms with E-state index in [1.165, 1.54) is 18.2 Å². The Labute approximate surface area is 261 Å². The molecule has 6 heteroatoms. The summed E-state index contributed by atoms with van der Waals surface area (Å²) in [5, 5.41) is 13.3. The second kappa shape index (κ2) is 10.1. The van der Waals surface area contributed by atoms with Gasteiger partial charge in [-0.1, -0.05) is 65.3 Å². The fourth-order valence-electron chi connectivity index (χ4n) is 10.5. The quantitative estimate of drug-likeness (QED) is 0.365. The molecular formula is C38H45FN2O3. The third-order valence-corrected chi connectivity index (χ3v) is 13.2. The number of ketones is 2. The van der Waals surface area contributed by atoms with Gasteiger partial charge in [0.05, 0.1) is 5.57 Å². The van der Waals surface area contributed by atoms with Gasteiger partial charge in [-0.05, 0) is 103 Å². The van der Waals surface area contributed by atoms with Crippen LogP contribution in [0, 0.1) is 62.5 Å². The standard InChI is InChI=1S/C38H45FN2O3/c1-23-27-13-14-36(5)30(35(27,4)20-25(22-40)33(23)44)19-29(42)32-28-21-34(2,3)15-17-38(28,18-16-37(32,36)6)41-31(43)12-9-24-7-10-26(39)11-8-24/h7-12,19-20,23,27-28,32H,13-18,21H2,1-6H3,(H,41,43)/b12-9+/t23?,27?,28?,32?,35?,36?,37-,38?/m1/s1. The van der Waals surface area contributed by atoms with Gasteiger partial charge in [-0.3, -0.25) is 14.4 Å². The molecule has 1 amide bonds. The van der Waals surface area contributed by atoms with Crippen LogP contribution in [0.1, 0.15) is 92.1 Å². The van der Waals surface area contributed by atoms with Crippen molar-refractivity contribution in [2.24, 2.45) is 45.3 Å². The minimum atomic E-state index is -0.533. The molecule has 1 aromatic carbocycles. The summed E-state index contributed by atoms with van der Waals surface area (Å²) >= 11 is 0. The first kappa shape index (κ1) is 30.7. The lowest BCUT2D eigenvalue weighted by Crippen LogP contribution is -2.69. The predicted molar refractivity (Wildman–Crippen MR) is 168 cm³/mol. The van der Waals surface area contributed by atoms with Crippen molar-refractivity contribution < 1.29 is 18.8 Å². The Morgan fingerprint density at radius 1 is 1.00 bits per heavy atom. The van der Waals surface area contributed by atoms with E-state index in [1.54, 1.807) is 18.2 Å². The van der Waals surface area contributed by atoms with Gasteiger partial charge in [-0.2, -0.15) is 5.26 Å². The van der Waals surface area contributed by atoms with E-state index in [-0.39, 0.29) is 68.8 Å². The molecule has 1 aromatic rings. The molecule has 232 valence electrons. The van der Waals surface area contributed by atoms with Gasteiger partial charge in [0.1, 0.15) is 11.9 Å². The van der Waals surface area contributed by atoms with E-state index in [0.29, 0.717) is 0 Å². The Hall–Kier alpha value is -3.33. The van der Waals surface area contributed by atoms with Crippen LogP contribution in [0.15, 0.2) is 53.6 Å². The van der Waals surface area contributed by atoms with Crippen LogP contribution >= 0.6 is 0 Å². The average Bonchev–Trinajstić information content (AvgIpc) is 2.96. The number of nitriles is 1. The van der Waals surface area contributed by atoms with Crippen molar-refractivity contribution in [2.75, 3.05) is 0 Å². The summed E-state index contributed by atoms with van der Waals surface area (Å²) in [5.74, 6) is -0.919. The van der Waals surface area contributed by atoms with Crippen LogP contribution in [0.5, 0.6) is 0 Å². The van der Waals surface area contributed by atoms with Crippen LogP contribution < -0.4 is 5.32 Å². The SMILES string of the molecule is CC1C(=O)C(C#N)=CC2(C)C3=CC(=O)C4C5CC(C)(C)CCC5(NC(=O)/C=C/c5ccc(F)cc5)CC[C@@]4(C)C3(C)CCC12. The molecule has 0 spiro atoms. The van der Waals surface area contributed by atoms with Crippen LogP contribution in [-0.2, 0) is 14.4 Å². The Balaban J connectivity index is 1.40. The van der Waals surface area contributed by atoms with E-state index in [2.05, 4.69) is 46.0 Å². The molecule has 5 aliphatic carbocycles. The highest BCUT2D eigenvalue weighted by Gasteiger charge is 2.69. The minimum absolute atomic E-state index is 0.0158. The number of rotatable bonds is 3. The maximum Gasteiger partial charge on any atom is 0.244 e. The van der Waals surface area contributed by atoms with E-state index in [4.69, 9.17) is 0 Å². The van der Waals surface area contributed by atoms with Crippen molar-refractivity contribution >= 4 is 23.5 Å². The van der Waals surface area contributed by atoms with Crippen molar-refractivity contribution in [3.05, 3.63) is 65.0 Å². The van der Waals surface area contributed by atoms with Gasteiger partial charge in [0.25, 0.3) is 0 Å². The number of fused-ring (bicyclic) bond motifs is 7. The smallest absolute Gasteiger partial charge is 0.244 e. The number of allylic oxidation sites excluding steroid dienone is 4. The highest BCUT2D eigenvalue weighted by Crippen LogP contribution is 2.72. The molecule has 6 rings (SSSR count). The number of amides is 1. The molecule has 0 radical (unpaired) electrons. The van der Waals surface area contributed by atoms with Gasteiger partial charge in [-0.15, -0.1) is 0 Å². The van der Waals surface area contributed by atoms with Crippen molar-refractivity contribution in [1.82, 2.24) is 5.32 Å². The van der Waals surface area contributed by atoms with Crippen LogP contribution in [0.2, 0.25) is 0 Å². The lowest BCUT2D eigenvalue weighted by Gasteiger charge is -2.68. The summed E-state index contributed by atoms with van der Waals surface area (Å²) < 4.78 is 13.4. The van der Waals surface area contributed by atoms with Gasteiger partial charge in [0.2, 0.25) is 5.91 Å². The molecule has 0 aromatic heterocycles. The van der Waals surface area contributed by atoms with Crippen molar-refractivity contribution in [3.8, 4) is 6.07 Å². The highest BCUT2D eigenvalue weighted by molar-refractivity contribution is 6.02. The van der Waals surface area contributed by atoms with Crippen LogP contribution in [0.25, 0.3) is 6.08 Å². The number of benzene rings is 1. The molecule has 3 fully saturated rings. The monoisotopic (exact) mass is 596 g/mol. The van der Waals surface area contributed by atoms with Gasteiger partial charge >= 0.3 is 0 Å². The summed E-state index contributed by atoms with van der Waals surface area (Å²) in [6.07, 6.45) is 13.0. The van der Waals surface area contributed by atoms with E-state index in [0.717, 1.165) is 56.1 Å². The maximum absolute atomic E-state index is 14.6. The Morgan fingerprint density at radius 3 is 2.36 bits per heavy atom. The molecule has 0 heterocycles. The van der Waals surface area contributed by atoms with Gasteiger partial charge in [0, 0.05) is 28.9 Å². The zero-order valence-electron chi connectivity index (χ0n) is 26.9. The number of carbonyl (C=O) groups excluding carboxylic acids is 3. The summed E-state index contributed by atoms with van der Waals surface area (Å²) in [4.78, 5) is 41.1. The van der Waals surface area contributed by atoms with Crippen LogP contribution in [-0.4, -0.2) is 23.0 Å². The Bertz CT molecular complexity index is 1560. The van der Waals surface area contributed by atoms with E-state index in [9.17, 15) is 24.0 Å². The summed E-state index contributed by atoms with van der Waals surface area (Å²) in [6.45, 7) is 13.3. The average molecular weight is 597 g/mol. The number of nitrogens with one attached hydrogen (secondary N) is 1. The first-order chi connectivity index (χ1) is 20.6. The molecule has 5 nitrogen and oxygen atoms in total. The number of hydrogen-bond acceptors (Lipinski definition) is 4. The fraction of sp³-hybridized carbons (Fsp3) is 0.579. The Morgan fingerprint density at radius 2 is 1.68 bits per heavy atom. The third-order valence-electron chi connectivity index (χ3n) is 13.2.